The number of sulfonamides is 1. The van der Waals surface area contributed by atoms with Gasteiger partial charge in [-0.3, -0.25) is 0 Å². The van der Waals surface area contributed by atoms with Gasteiger partial charge in [-0.15, -0.1) is 0 Å². The van der Waals surface area contributed by atoms with Crippen molar-refractivity contribution in [3.63, 3.8) is 0 Å². The Kier molecular flexibility index (Phi) is 6.26. The first-order valence-electron chi connectivity index (χ1n) is 7.32. The summed E-state index contributed by atoms with van der Waals surface area (Å²) in [5.74, 6) is 1.53. The molecule has 25 heavy (non-hydrogen) atoms. The third-order valence-electron chi connectivity index (χ3n) is 3.46. The zero-order valence-electron chi connectivity index (χ0n) is 14.4. The van der Waals surface area contributed by atoms with E-state index in [-0.39, 0.29) is 11.4 Å². The van der Waals surface area contributed by atoms with E-state index < -0.39 is 10.0 Å². The third kappa shape index (κ3) is 4.62. The summed E-state index contributed by atoms with van der Waals surface area (Å²) in [7, 11) is 2.94. The number of nitrogens with one attached hydrogen (secondary N) is 1. The van der Waals surface area contributed by atoms with Crippen LogP contribution in [0.1, 0.15) is 5.56 Å². The number of aromatic nitrogens is 1. The topological polar surface area (TPSA) is 80.8 Å². The van der Waals surface area contributed by atoms with E-state index in [0.717, 1.165) is 11.4 Å². The second kappa shape index (κ2) is 8.03. The Morgan fingerprint density at radius 2 is 1.80 bits per heavy atom. The first kappa shape index (κ1) is 19.5. The van der Waals surface area contributed by atoms with Crippen LogP contribution in [0.3, 0.4) is 0 Å². The summed E-state index contributed by atoms with van der Waals surface area (Å²) < 4.78 is 38.6. The van der Waals surface area contributed by atoms with Crippen LogP contribution in [0.5, 0.6) is 11.5 Å². The maximum atomic E-state index is 12.6. The van der Waals surface area contributed by atoms with Crippen molar-refractivity contribution in [1.82, 2.24) is 9.71 Å². The van der Waals surface area contributed by atoms with E-state index in [1.54, 1.807) is 18.3 Å². The fraction of sp³-hybridized carbons (Fsp3) is 0.312. The van der Waals surface area contributed by atoms with Gasteiger partial charge in [0.25, 0.3) is 0 Å². The number of hydrogen-bond donors (Lipinski definition) is 1. The summed E-state index contributed by atoms with van der Waals surface area (Å²) >= 11 is 3.27. The number of hydrogen-bond acceptors (Lipinski definition) is 6. The predicted octanol–water partition coefficient (Wildman–Crippen LogP) is 2.41. The fourth-order valence-electron chi connectivity index (χ4n) is 2.11. The molecule has 9 heteroatoms. The van der Waals surface area contributed by atoms with E-state index in [1.165, 1.54) is 20.3 Å². The smallest absolute Gasteiger partial charge is 0.242 e. The van der Waals surface area contributed by atoms with Crippen molar-refractivity contribution in [2.45, 2.75) is 11.4 Å². The van der Waals surface area contributed by atoms with Gasteiger partial charge in [0, 0.05) is 37.4 Å². The van der Waals surface area contributed by atoms with Gasteiger partial charge in [0.05, 0.1) is 14.2 Å². The van der Waals surface area contributed by atoms with Crippen LogP contribution in [-0.4, -0.2) is 41.7 Å². The molecule has 0 spiro atoms. The molecule has 0 saturated heterocycles. The van der Waals surface area contributed by atoms with Crippen LogP contribution in [0.4, 0.5) is 5.82 Å². The van der Waals surface area contributed by atoms with E-state index in [9.17, 15) is 8.42 Å². The Bertz CT molecular complexity index is 856. The lowest BCUT2D eigenvalue weighted by molar-refractivity contribution is 0.353. The second-order valence-corrected chi connectivity index (χ2v) is 7.97. The number of halogens is 1. The standard InChI is InChI=1S/C16H20BrN3O4S/c1-20(2)16-7-11(5-6-18-16)10-19-25(21,22)15-9-14(24-4)13(23-3)8-12(15)17/h5-9,19H,10H2,1-4H3. The van der Waals surface area contributed by atoms with E-state index in [1.807, 2.05) is 25.1 Å². The van der Waals surface area contributed by atoms with Crippen LogP contribution in [-0.2, 0) is 16.6 Å². The number of benzene rings is 1. The van der Waals surface area contributed by atoms with Gasteiger partial charge in [-0.25, -0.2) is 18.1 Å². The predicted molar refractivity (Wildman–Crippen MR) is 99.8 cm³/mol. The summed E-state index contributed by atoms with van der Waals surface area (Å²) in [5, 5.41) is 0. The number of rotatable bonds is 7. The molecule has 1 heterocycles. The molecule has 2 aromatic rings. The molecule has 0 aliphatic rings. The van der Waals surface area contributed by atoms with Crippen molar-refractivity contribution in [3.05, 3.63) is 40.5 Å². The molecule has 136 valence electrons. The zero-order valence-corrected chi connectivity index (χ0v) is 16.8. The number of methoxy groups -OCH3 is 2. The highest BCUT2D eigenvalue weighted by Gasteiger charge is 2.21. The molecule has 0 saturated carbocycles. The van der Waals surface area contributed by atoms with Crippen LogP contribution >= 0.6 is 15.9 Å². The Hall–Kier alpha value is -1.84. The second-order valence-electron chi connectivity index (χ2n) is 5.38. The molecule has 2 rings (SSSR count). The minimum Gasteiger partial charge on any atom is -0.493 e. The molecule has 1 N–H and O–H groups in total. The molecule has 0 atom stereocenters. The van der Waals surface area contributed by atoms with Crippen molar-refractivity contribution < 1.29 is 17.9 Å². The Morgan fingerprint density at radius 3 is 2.40 bits per heavy atom. The highest BCUT2D eigenvalue weighted by molar-refractivity contribution is 9.10. The summed E-state index contributed by atoms with van der Waals surface area (Å²) in [6.45, 7) is 0.145. The molecule has 0 fully saturated rings. The van der Waals surface area contributed by atoms with Gasteiger partial charge in [0.15, 0.2) is 11.5 Å². The van der Waals surface area contributed by atoms with Gasteiger partial charge in [0.1, 0.15) is 10.7 Å². The summed E-state index contributed by atoms with van der Waals surface area (Å²) in [4.78, 5) is 6.13. The monoisotopic (exact) mass is 429 g/mol. The van der Waals surface area contributed by atoms with E-state index in [0.29, 0.717) is 16.0 Å². The van der Waals surface area contributed by atoms with Crippen LogP contribution in [0.15, 0.2) is 39.8 Å². The first-order chi connectivity index (χ1) is 11.8. The summed E-state index contributed by atoms with van der Waals surface area (Å²) in [6.07, 6.45) is 1.64. The highest BCUT2D eigenvalue weighted by atomic mass is 79.9. The van der Waals surface area contributed by atoms with Crippen LogP contribution in [0.2, 0.25) is 0 Å². The lowest BCUT2D eigenvalue weighted by Crippen LogP contribution is -2.24. The van der Waals surface area contributed by atoms with Gasteiger partial charge in [-0.05, 0) is 39.7 Å². The molecule has 0 unspecified atom stereocenters. The normalized spacial score (nSPS) is 11.2. The largest absolute Gasteiger partial charge is 0.493 e. The van der Waals surface area contributed by atoms with Gasteiger partial charge >= 0.3 is 0 Å². The van der Waals surface area contributed by atoms with Crippen molar-refractivity contribution in [3.8, 4) is 11.5 Å². The Morgan fingerprint density at radius 1 is 1.16 bits per heavy atom. The number of ether oxygens (including phenoxy) is 2. The van der Waals surface area contributed by atoms with Crippen LogP contribution in [0.25, 0.3) is 0 Å². The van der Waals surface area contributed by atoms with Gasteiger partial charge in [-0.2, -0.15) is 0 Å². The first-order valence-corrected chi connectivity index (χ1v) is 9.59. The van der Waals surface area contributed by atoms with Gasteiger partial charge in [-0.1, -0.05) is 0 Å². The minimum absolute atomic E-state index is 0.0760. The molecular formula is C16H20BrN3O4S. The maximum Gasteiger partial charge on any atom is 0.242 e. The average molecular weight is 430 g/mol. The van der Waals surface area contributed by atoms with Gasteiger partial charge in [0.2, 0.25) is 10.0 Å². The molecule has 0 bridgehead atoms. The molecule has 1 aromatic carbocycles. The summed E-state index contributed by atoms with van der Waals surface area (Å²) in [5.41, 5.74) is 0.805. The molecule has 0 amide bonds. The number of anilines is 1. The van der Waals surface area contributed by atoms with E-state index >= 15 is 0 Å². The van der Waals surface area contributed by atoms with Crippen molar-refractivity contribution in [1.29, 1.82) is 0 Å². The Labute approximate surface area is 156 Å². The quantitative estimate of drug-likeness (QED) is 0.727. The lowest BCUT2D eigenvalue weighted by atomic mass is 10.2. The average Bonchev–Trinajstić information content (AvgIpc) is 2.59. The molecule has 7 nitrogen and oxygen atoms in total. The summed E-state index contributed by atoms with van der Waals surface area (Å²) in [6, 6.07) is 6.57. The molecule has 1 aromatic heterocycles. The van der Waals surface area contributed by atoms with E-state index in [2.05, 4.69) is 25.6 Å². The fourth-order valence-corrected chi connectivity index (χ4v) is 4.16. The molecule has 0 aliphatic carbocycles. The van der Waals surface area contributed by atoms with Gasteiger partial charge < -0.3 is 14.4 Å². The molecular weight excluding hydrogens is 410 g/mol. The lowest BCUT2D eigenvalue weighted by Gasteiger charge is -2.14. The van der Waals surface area contributed by atoms with E-state index in [4.69, 9.17) is 9.47 Å². The minimum atomic E-state index is -3.75. The molecule has 0 radical (unpaired) electrons. The van der Waals surface area contributed by atoms with Crippen LogP contribution < -0.4 is 19.1 Å². The highest BCUT2D eigenvalue weighted by Crippen LogP contribution is 2.35. The van der Waals surface area contributed by atoms with Crippen molar-refractivity contribution in [2.24, 2.45) is 0 Å². The van der Waals surface area contributed by atoms with Crippen LogP contribution in [0, 0.1) is 0 Å². The molecule has 0 aliphatic heterocycles. The number of nitrogens with zero attached hydrogens (tertiary/aromatic N) is 2. The maximum absolute atomic E-state index is 12.6. The Balaban J connectivity index is 2.26. The SMILES string of the molecule is COc1cc(Br)c(S(=O)(=O)NCc2ccnc(N(C)C)c2)cc1OC. The van der Waals surface area contributed by atoms with Crippen molar-refractivity contribution >= 4 is 31.8 Å². The third-order valence-corrected chi connectivity index (χ3v) is 5.82. The number of pyridine rings is 1. The van der Waals surface area contributed by atoms with Crippen molar-refractivity contribution in [2.75, 3.05) is 33.2 Å². The zero-order chi connectivity index (χ0) is 18.6.